The van der Waals surface area contributed by atoms with E-state index in [1.165, 1.54) is 51.4 Å². The number of hydrogen-bond donors (Lipinski definition) is 2. The van der Waals surface area contributed by atoms with Crippen LogP contribution in [0.2, 0.25) is 0 Å². The summed E-state index contributed by atoms with van der Waals surface area (Å²) < 4.78 is 5.74. The number of ether oxygens (including phenoxy) is 1. The maximum Gasteiger partial charge on any atom is 0.407 e. The Labute approximate surface area is 226 Å². The molecule has 0 aliphatic heterocycles. The van der Waals surface area contributed by atoms with E-state index in [4.69, 9.17) is 4.74 Å². The predicted molar refractivity (Wildman–Crippen MR) is 150 cm³/mol. The molecular formula is C32H54N2O3. The van der Waals surface area contributed by atoms with Crippen molar-refractivity contribution in [3.8, 4) is 0 Å². The molecule has 0 heterocycles. The van der Waals surface area contributed by atoms with E-state index in [9.17, 15) is 9.59 Å². The van der Waals surface area contributed by atoms with Crippen LogP contribution in [-0.4, -0.2) is 31.7 Å². The summed E-state index contributed by atoms with van der Waals surface area (Å²) in [6.07, 6.45) is 18.6. The Morgan fingerprint density at radius 2 is 1.70 bits per heavy atom. The van der Waals surface area contributed by atoms with Gasteiger partial charge in [0.25, 0.3) is 0 Å². The van der Waals surface area contributed by atoms with Gasteiger partial charge in [-0.15, -0.1) is 0 Å². The summed E-state index contributed by atoms with van der Waals surface area (Å²) >= 11 is 0. The minimum Gasteiger partial charge on any atom is -0.446 e. The molecule has 37 heavy (non-hydrogen) atoms. The van der Waals surface area contributed by atoms with Crippen molar-refractivity contribution in [2.45, 2.75) is 111 Å². The Morgan fingerprint density at radius 3 is 2.43 bits per heavy atom. The first-order valence-electron chi connectivity index (χ1n) is 15.4. The predicted octanol–water partition coefficient (Wildman–Crippen LogP) is 7.11. The molecule has 3 saturated carbocycles. The van der Waals surface area contributed by atoms with Crippen LogP contribution in [0.25, 0.3) is 0 Å². The van der Waals surface area contributed by atoms with E-state index in [2.05, 4.69) is 57.4 Å². The second-order valence-corrected chi connectivity index (χ2v) is 14.0. The molecule has 5 heteroatoms. The Hall–Kier alpha value is -1.52. The first-order valence-corrected chi connectivity index (χ1v) is 15.4. The molecule has 0 aromatic carbocycles. The van der Waals surface area contributed by atoms with Gasteiger partial charge < -0.3 is 15.4 Å². The van der Waals surface area contributed by atoms with Gasteiger partial charge in [-0.25, -0.2) is 4.79 Å². The van der Waals surface area contributed by atoms with E-state index in [0.717, 1.165) is 48.9 Å². The zero-order valence-electron chi connectivity index (χ0n) is 24.5. The third-order valence-corrected chi connectivity index (χ3v) is 11.5. The van der Waals surface area contributed by atoms with Crippen molar-refractivity contribution in [1.29, 1.82) is 0 Å². The molecule has 0 radical (unpaired) electrons. The lowest BCUT2D eigenvalue weighted by Crippen LogP contribution is -2.56. The summed E-state index contributed by atoms with van der Waals surface area (Å²) in [6, 6.07) is 0. The van der Waals surface area contributed by atoms with Gasteiger partial charge in [-0.05, 0) is 97.2 Å². The second-order valence-electron chi connectivity index (χ2n) is 14.0. The van der Waals surface area contributed by atoms with Gasteiger partial charge in [0.2, 0.25) is 5.91 Å². The summed E-state index contributed by atoms with van der Waals surface area (Å²) in [6.45, 7) is 12.4. The Bertz CT molecular complexity index is 840. The Balaban J connectivity index is 1.41. The van der Waals surface area contributed by atoms with Crippen LogP contribution < -0.4 is 10.6 Å². The maximum atomic E-state index is 12.2. The van der Waals surface area contributed by atoms with Crippen LogP contribution in [0.1, 0.15) is 105 Å². The van der Waals surface area contributed by atoms with Gasteiger partial charge in [0.1, 0.15) is 6.10 Å². The smallest absolute Gasteiger partial charge is 0.407 e. The molecule has 0 saturated heterocycles. The normalized spacial score (nSPS) is 39.6. The van der Waals surface area contributed by atoms with Gasteiger partial charge in [-0.2, -0.15) is 0 Å². The van der Waals surface area contributed by atoms with Gasteiger partial charge in [0.05, 0.1) is 6.54 Å². The van der Waals surface area contributed by atoms with E-state index < -0.39 is 6.09 Å². The van der Waals surface area contributed by atoms with Gasteiger partial charge in [-0.3, -0.25) is 4.79 Å². The molecule has 210 valence electrons. The van der Waals surface area contributed by atoms with Gasteiger partial charge in [-0.1, -0.05) is 72.5 Å². The average molecular weight is 515 g/mol. The fraction of sp³-hybridized carbons (Fsp3) is 0.875. The van der Waals surface area contributed by atoms with Crippen molar-refractivity contribution < 1.29 is 14.3 Å². The SMILES string of the molecule is CNC(=O)CNC(=O)OC1CCC2(C)C(C=CC3C2CCC2(C)C(C(C)CCCC(C)C)CCCC32)C1. The monoisotopic (exact) mass is 514 g/mol. The highest BCUT2D eigenvalue weighted by atomic mass is 16.6. The minimum absolute atomic E-state index is 0.0374. The zero-order valence-corrected chi connectivity index (χ0v) is 24.5. The molecule has 5 nitrogen and oxygen atoms in total. The standard InChI is InChI=1S/C32H54N2O3/c1-21(2)9-7-10-22(3)26-11-8-12-27-25-14-13-23-19-24(37-30(36)34-20-29(35)33-6)15-17-31(23,4)28(25)16-18-32(26,27)5/h13-14,21-28H,7-12,15-20H2,1-6H3,(H,33,35)(H,34,36). The van der Waals surface area contributed by atoms with Crippen LogP contribution in [0.3, 0.4) is 0 Å². The number of nitrogens with one attached hydrogen (secondary N) is 2. The molecule has 0 aromatic rings. The van der Waals surface area contributed by atoms with Crippen LogP contribution in [0, 0.1) is 52.3 Å². The van der Waals surface area contributed by atoms with Crippen LogP contribution >= 0.6 is 0 Å². The van der Waals surface area contributed by atoms with Crippen molar-refractivity contribution in [2.24, 2.45) is 52.3 Å². The van der Waals surface area contributed by atoms with Crippen LogP contribution in [-0.2, 0) is 9.53 Å². The van der Waals surface area contributed by atoms with Crippen molar-refractivity contribution >= 4 is 12.0 Å². The molecule has 9 atom stereocenters. The number of alkyl carbamates (subject to hydrolysis) is 1. The van der Waals surface area contributed by atoms with Gasteiger partial charge >= 0.3 is 6.09 Å². The molecule has 4 rings (SSSR count). The minimum atomic E-state index is -0.473. The lowest BCUT2D eigenvalue weighted by atomic mass is 9.42. The number of hydrogen-bond acceptors (Lipinski definition) is 3. The molecule has 0 spiro atoms. The molecule has 2 amide bonds. The van der Waals surface area contributed by atoms with E-state index in [1.54, 1.807) is 7.05 Å². The summed E-state index contributed by atoms with van der Waals surface area (Å²) in [7, 11) is 1.57. The lowest BCUT2D eigenvalue weighted by Gasteiger charge is -2.62. The molecule has 0 aromatic heterocycles. The topological polar surface area (TPSA) is 67.4 Å². The summed E-state index contributed by atoms with van der Waals surface area (Å²) in [5.74, 6) is 5.05. The Kier molecular flexibility index (Phi) is 9.01. The number of carbonyl (C=O) groups is 2. The molecular weight excluding hydrogens is 460 g/mol. The zero-order chi connectivity index (χ0) is 26.8. The van der Waals surface area contributed by atoms with E-state index >= 15 is 0 Å². The highest BCUT2D eigenvalue weighted by Crippen LogP contribution is 2.65. The summed E-state index contributed by atoms with van der Waals surface area (Å²) in [5.41, 5.74) is 0.780. The van der Waals surface area contributed by atoms with E-state index in [0.29, 0.717) is 22.7 Å². The Morgan fingerprint density at radius 1 is 0.973 bits per heavy atom. The molecule has 3 fully saturated rings. The second kappa shape index (κ2) is 11.7. The third-order valence-electron chi connectivity index (χ3n) is 11.5. The van der Waals surface area contributed by atoms with Crippen LogP contribution in [0.15, 0.2) is 12.2 Å². The molecule has 9 unspecified atom stereocenters. The largest absolute Gasteiger partial charge is 0.446 e. The number of amides is 2. The maximum absolute atomic E-state index is 12.2. The number of allylic oxidation sites excluding steroid dienone is 2. The van der Waals surface area contributed by atoms with Gasteiger partial charge in [0, 0.05) is 7.05 Å². The number of fused-ring (bicyclic) bond motifs is 5. The molecule has 2 N–H and O–H groups in total. The van der Waals surface area contributed by atoms with E-state index in [-0.39, 0.29) is 18.6 Å². The first kappa shape index (κ1) is 28.5. The average Bonchev–Trinajstić information content (AvgIpc) is 2.86. The van der Waals surface area contributed by atoms with Crippen molar-refractivity contribution in [2.75, 3.05) is 13.6 Å². The van der Waals surface area contributed by atoms with Gasteiger partial charge in [0.15, 0.2) is 0 Å². The summed E-state index contributed by atoms with van der Waals surface area (Å²) in [5, 5.41) is 5.10. The van der Waals surface area contributed by atoms with Crippen molar-refractivity contribution in [1.82, 2.24) is 10.6 Å². The quantitative estimate of drug-likeness (QED) is 0.339. The highest BCUT2D eigenvalue weighted by molar-refractivity contribution is 5.81. The first-order chi connectivity index (χ1) is 17.6. The summed E-state index contributed by atoms with van der Waals surface area (Å²) in [4.78, 5) is 23.7. The van der Waals surface area contributed by atoms with E-state index in [1.807, 2.05) is 0 Å². The lowest BCUT2D eigenvalue weighted by molar-refractivity contribution is -0.120. The third kappa shape index (κ3) is 5.91. The van der Waals surface area contributed by atoms with Crippen LogP contribution in [0.4, 0.5) is 4.79 Å². The molecule has 4 aliphatic rings. The van der Waals surface area contributed by atoms with Crippen LogP contribution in [0.5, 0.6) is 0 Å². The van der Waals surface area contributed by atoms with Crippen molar-refractivity contribution in [3.63, 3.8) is 0 Å². The highest BCUT2D eigenvalue weighted by Gasteiger charge is 2.58. The van der Waals surface area contributed by atoms with Crippen molar-refractivity contribution in [3.05, 3.63) is 12.2 Å². The fourth-order valence-electron chi connectivity index (χ4n) is 9.35. The molecule has 4 aliphatic carbocycles. The number of carbonyl (C=O) groups excluding carboxylic acids is 2. The molecule has 0 bridgehead atoms. The fourth-order valence-corrected chi connectivity index (χ4v) is 9.35. The number of likely N-dealkylation sites (N-methyl/N-ethyl adjacent to an activating group) is 1. The number of rotatable bonds is 8.